The van der Waals surface area contributed by atoms with E-state index in [0.717, 1.165) is 31.8 Å². The van der Waals surface area contributed by atoms with Gasteiger partial charge in [-0.1, -0.05) is 24.3 Å². The molecule has 16 heteroatoms. The standard InChI is InChI=1S/C35H40F3N3O10/c36-34(37,38)18-47-25(43)12-7-19-3-5-20(6-4-19)17-41-28-31(45)48-24-16-33(28,32(46)40-14-1-2-23(40)30(44)39-13-15-42)29(51-41)27-26(24)49-35(50-27,21-8-9-21)22-10-11-22/h3-7,12,21-24,26-29,42H,1-2,8-11,13-18H2,(H,39,44). The third-order valence-corrected chi connectivity index (χ3v) is 11.2. The highest BCUT2D eigenvalue weighted by Crippen LogP contribution is 2.64. The van der Waals surface area contributed by atoms with Crippen LogP contribution >= 0.6 is 0 Å². The molecule has 7 unspecified atom stereocenters. The van der Waals surface area contributed by atoms with Gasteiger partial charge in [0.1, 0.15) is 35.9 Å². The number of hydroxylamine groups is 2. The van der Waals surface area contributed by atoms with E-state index in [1.54, 1.807) is 29.2 Å². The Bertz CT molecular complexity index is 1590. The average Bonchev–Trinajstić information content (AvgIpc) is 4.02. The number of likely N-dealkylation sites (tertiary alicyclic amines) is 1. The number of carbonyl (C=O) groups is 4. The molecule has 7 aliphatic rings. The van der Waals surface area contributed by atoms with Gasteiger partial charge in [-0.15, -0.1) is 0 Å². The summed E-state index contributed by atoms with van der Waals surface area (Å²) < 4.78 is 61.1. The van der Waals surface area contributed by atoms with Crippen molar-refractivity contribution < 1.29 is 61.2 Å². The van der Waals surface area contributed by atoms with Gasteiger partial charge in [0, 0.05) is 37.4 Å². The zero-order valence-corrected chi connectivity index (χ0v) is 27.7. The lowest BCUT2D eigenvalue weighted by atomic mass is 9.62. The van der Waals surface area contributed by atoms with Gasteiger partial charge < -0.3 is 34.3 Å². The molecule has 8 rings (SSSR count). The summed E-state index contributed by atoms with van der Waals surface area (Å²) in [7, 11) is 0. The molecule has 2 N–H and O–H groups in total. The lowest BCUT2D eigenvalue weighted by Crippen LogP contribution is -2.70. The quantitative estimate of drug-likeness (QED) is 0.255. The van der Waals surface area contributed by atoms with Crippen LogP contribution in [0.2, 0.25) is 0 Å². The topological polar surface area (TPSA) is 153 Å². The van der Waals surface area contributed by atoms with Crippen LogP contribution in [0.5, 0.6) is 0 Å². The molecular weight excluding hydrogens is 679 g/mol. The minimum atomic E-state index is -4.63. The largest absolute Gasteiger partial charge is 0.458 e. The number of aliphatic hydroxyl groups is 1. The Morgan fingerprint density at radius 3 is 2.41 bits per heavy atom. The van der Waals surface area contributed by atoms with Crippen LogP contribution in [0.4, 0.5) is 13.2 Å². The number of alkyl halides is 3. The van der Waals surface area contributed by atoms with Gasteiger partial charge in [0.15, 0.2) is 18.4 Å². The van der Waals surface area contributed by atoms with E-state index < -0.39 is 72.4 Å². The van der Waals surface area contributed by atoms with Crippen molar-refractivity contribution in [1.29, 1.82) is 0 Å². The van der Waals surface area contributed by atoms with Crippen molar-refractivity contribution in [2.24, 2.45) is 17.3 Å². The second-order valence-corrected chi connectivity index (χ2v) is 14.6. The first-order valence-electron chi connectivity index (χ1n) is 17.6. The number of hydrogen-bond donors (Lipinski definition) is 2. The number of nitrogens with one attached hydrogen (secondary N) is 1. The predicted molar refractivity (Wildman–Crippen MR) is 166 cm³/mol. The number of nitrogens with zero attached hydrogens (tertiary/aromatic N) is 2. The summed E-state index contributed by atoms with van der Waals surface area (Å²) in [6, 6.07) is 4.78. The first kappa shape index (κ1) is 34.5. The van der Waals surface area contributed by atoms with E-state index in [1.165, 1.54) is 11.1 Å². The van der Waals surface area contributed by atoms with Crippen LogP contribution < -0.4 is 5.32 Å². The molecule has 4 heterocycles. The van der Waals surface area contributed by atoms with Crippen LogP contribution in [-0.2, 0) is 49.5 Å². The first-order chi connectivity index (χ1) is 24.4. The Labute approximate surface area is 291 Å². The maximum Gasteiger partial charge on any atom is 0.422 e. The Morgan fingerprint density at radius 1 is 1.04 bits per heavy atom. The molecule has 3 saturated carbocycles. The fourth-order valence-electron chi connectivity index (χ4n) is 8.77. The van der Waals surface area contributed by atoms with E-state index in [4.69, 9.17) is 19.0 Å². The van der Waals surface area contributed by atoms with Gasteiger partial charge in [-0.05, 0) is 55.7 Å². The summed E-state index contributed by atoms with van der Waals surface area (Å²) in [4.78, 5) is 62.2. The molecule has 4 saturated heterocycles. The van der Waals surface area contributed by atoms with Gasteiger partial charge in [-0.3, -0.25) is 19.2 Å². The number of ether oxygens (including phenoxy) is 4. The fourth-order valence-corrected chi connectivity index (χ4v) is 8.77. The summed E-state index contributed by atoms with van der Waals surface area (Å²) in [5.41, 5.74) is -0.246. The highest BCUT2D eigenvalue weighted by Gasteiger charge is 2.78. The molecule has 1 aromatic carbocycles. The lowest BCUT2D eigenvalue weighted by molar-refractivity contribution is -0.235. The number of rotatable bonds is 11. The van der Waals surface area contributed by atoms with Crippen LogP contribution in [0.15, 0.2) is 30.3 Å². The molecule has 1 aromatic rings. The molecule has 0 radical (unpaired) electrons. The third-order valence-electron chi connectivity index (χ3n) is 11.2. The van der Waals surface area contributed by atoms with Crippen molar-refractivity contribution in [2.45, 2.75) is 100.0 Å². The summed E-state index contributed by atoms with van der Waals surface area (Å²) >= 11 is 0. The van der Waals surface area contributed by atoms with Crippen molar-refractivity contribution in [2.75, 3.05) is 26.3 Å². The van der Waals surface area contributed by atoms with Crippen LogP contribution in [0.1, 0.15) is 56.1 Å². The zero-order valence-electron chi connectivity index (χ0n) is 27.7. The Balaban J connectivity index is 1.08. The molecule has 51 heavy (non-hydrogen) atoms. The van der Waals surface area contributed by atoms with E-state index in [2.05, 4.69) is 10.1 Å². The molecule has 0 aromatic heterocycles. The molecule has 7 atom stereocenters. The molecule has 4 aliphatic heterocycles. The number of benzene rings is 1. The van der Waals surface area contributed by atoms with Crippen molar-refractivity contribution in [1.82, 2.24) is 15.3 Å². The van der Waals surface area contributed by atoms with Gasteiger partial charge in [-0.25, -0.2) is 4.79 Å². The van der Waals surface area contributed by atoms with E-state index >= 15 is 4.79 Å². The minimum Gasteiger partial charge on any atom is -0.458 e. The molecule has 2 bridgehead atoms. The Kier molecular flexibility index (Phi) is 8.68. The number of amides is 2. The predicted octanol–water partition coefficient (Wildman–Crippen LogP) is 2.01. The number of fused-ring (bicyclic) bond motifs is 4. The summed E-state index contributed by atoms with van der Waals surface area (Å²) in [5.74, 6) is -2.91. The first-order valence-corrected chi connectivity index (χ1v) is 17.6. The number of hydrogen-bond acceptors (Lipinski definition) is 11. The van der Waals surface area contributed by atoms with Crippen LogP contribution in [0.3, 0.4) is 0 Å². The molecule has 13 nitrogen and oxygen atoms in total. The molecule has 7 fully saturated rings. The highest BCUT2D eigenvalue weighted by molar-refractivity contribution is 5.96. The SMILES string of the molecule is O=C(C=Cc1ccc(CN2OC3C4OC(C5CC5)(C5CC5)OC4C4CC3(C(=O)N3CCCC3C(=O)NCCO)C2C(=O)O4)cc1)OCC(F)(F)F. The smallest absolute Gasteiger partial charge is 0.422 e. The molecular formula is C35H40F3N3O10. The number of aliphatic hydroxyl groups excluding tert-OH is 1. The number of carbonyl (C=O) groups excluding carboxylic acids is 4. The van der Waals surface area contributed by atoms with Crippen LogP contribution in [-0.4, -0.2) is 114 Å². The van der Waals surface area contributed by atoms with Crippen LogP contribution in [0, 0.1) is 17.3 Å². The number of halogens is 3. The summed E-state index contributed by atoms with van der Waals surface area (Å²) in [5, 5.41) is 13.4. The van der Waals surface area contributed by atoms with E-state index in [-0.39, 0.29) is 49.8 Å². The van der Waals surface area contributed by atoms with E-state index in [0.29, 0.717) is 30.5 Å². The second kappa shape index (κ2) is 12.8. The average molecular weight is 720 g/mol. The Hall–Kier alpha value is -3.57. The van der Waals surface area contributed by atoms with Gasteiger partial charge in [0.2, 0.25) is 11.8 Å². The van der Waals surface area contributed by atoms with Crippen molar-refractivity contribution in [3.8, 4) is 0 Å². The Morgan fingerprint density at radius 2 is 1.75 bits per heavy atom. The van der Waals surface area contributed by atoms with Crippen molar-refractivity contribution in [3.63, 3.8) is 0 Å². The van der Waals surface area contributed by atoms with Gasteiger partial charge in [0.05, 0.1) is 13.2 Å². The minimum absolute atomic E-state index is 0.0507. The maximum atomic E-state index is 15.0. The molecule has 2 amide bonds. The zero-order chi connectivity index (χ0) is 35.7. The fraction of sp³-hybridized carbons (Fsp3) is 0.657. The highest BCUT2D eigenvalue weighted by atomic mass is 19.4. The summed E-state index contributed by atoms with van der Waals surface area (Å²) in [6.45, 7) is -1.50. The van der Waals surface area contributed by atoms with Crippen LogP contribution in [0.25, 0.3) is 6.08 Å². The maximum absolute atomic E-state index is 15.0. The van der Waals surface area contributed by atoms with E-state index in [1.807, 2.05) is 0 Å². The van der Waals surface area contributed by atoms with Gasteiger partial charge in [-0.2, -0.15) is 18.2 Å². The molecule has 3 aliphatic carbocycles. The number of esters is 2. The van der Waals surface area contributed by atoms with Gasteiger partial charge in [0.25, 0.3) is 0 Å². The molecule has 0 spiro atoms. The molecule has 276 valence electrons. The summed E-state index contributed by atoms with van der Waals surface area (Å²) in [6.07, 6.45) is -0.391. The monoisotopic (exact) mass is 719 g/mol. The second-order valence-electron chi connectivity index (χ2n) is 14.6. The normalized spacial score (nSPS) is 34.0. The van der Waals surface area contributed by atoms with Crippen molar-refractivity contribution in [3.05, 3.63) is 41.5 Å². The van der Waals surface area contributed by atoms with E-state index in [9.17, 15) is 32.7 Å². The van der Waals surface area contributed by atoms with Gasteiger partial charge >= 0.3 is 18.1 Å². The van der Waals surface area contributed by atoms with Crippen molar-refractivity contribution >= 4 is 29.8 Å². The lowest BCUT2D eigenvalue weighted by Gasteiger charge is -2.50. The third kappa shape index (κ3) is 6.11.